The highest BCUT2D eigenvalue weighted by atomic mass is 35.5. The number of esters is 1. The van der Waals surface area contributed by atoms with E-state index >= 15 is 0 Å². The quantitative estimate of drug-likeness (QED) is 0.0955. The molecule has 0 radical (unpaired) electrons. The molecule has 0 heterocycles. The van der Waals surface area contributed by atoms with E-state index in [1.54, 1.807) is 12.1 Å². The predicted octanol–water partition coefficient (Wildman–Crippen LogP) is 11.7. The van der Waals surface area contributed by atoms with Crippen molar-refractivity contribution in [3.8, 4) is 22.6 Å². The Morgan fingerprint density at radius 1 is 0.708 bits per heavy atom. The third-order valence-corrected chi connectivity index (χ3v) is 6.19. The summed E-state index contributed by atoms with van der Waals surface area (Å²) >= 11 is 15.6. The van der Waals surface area contributed by atoms with Crippen molar-refractivity contribution >= 4 is 40.8 Å². The second-order valence-electron chi connectivity index (χ2n) is 9.29. The first-order valence-electron chi connectivity index (χ1n) is 13.0. The average Bonchev–Trinajstić information content (AvgIpc) is 2.91. The summed E-state index contributed by atoms with van der Waals surface area (Å²) in [5.74, 6) is -11.9. The summed E-state index contributed by atoms with van der Waals surface area (Å²) in [5, 5.41) is 8.39. The summed E-state index contributed by atoms with van der Waals surface area (Å²) in [6, 6.07) is 10.4. The van der Waals surface area contributed by atoms with Crippen LogP contribution in [-0.4, -0.2) is 16.4 Å². The molecule has 0 saturated carbocycles. The molecule has 4 aromatic carbocycles. The van der Waals surface area contributed by atoms with Crippen LogP contribution in [0.4, 0.5) is 48.3 Å². The summed E-state index contributed by atoms with van der Waals surface area (Å²) in [6.07, 6.45) is -8.53. The maximum atomic E-state index is 14.6. The van der Waals surface area contributed by atoms with Gasteiger partial charge in [0.15, 0.2) is 0 Å². The van der Waals surface area contributed by atoms with Gasteiger partial charge in [0.2, 0.25) is 0 Å². The van der Waals surface area contributed by atoms with Crippen molar-refractivity contribution in [2.45, 2.75) is 32.1 Å². The molecule has 1 N–H and O–H groups in total. The number of aromatic hydroxyl groups is 1. The van der Waals surface area contributed by atoms with Gasteiger partial charge in [-0.3, -0.25) is 0 Å². The Kier molecular flexibility index (Phi) is 14.4. The number of carbonyl (C=O) groups is 1. The van der Waals surface area contributed by atoms with Crippen LogP contribution in [0.5, 0.6) is 11.5 Å². The molecule has 0 amide bonds. The lowest BCUT2D eigenvalue weighted by Crippen LogP contribution is -2.15. The van der Waals surface area contributed by atoms with E-state index in [1.165, 1.54) is 6.07 Å². The van der Waals surface area contributed by atoms with Crippen molar-refractivity contribution in [2.75, 3.05) is 5.34 Å². The summed E-state index contributed by atoms with van der Waals surface area (Å²) in [7, 11) is 0. The van der Waals surface area contributed by atoms with E-state index in [0.29, 0.717) is 11.1 Å². The van der Waals surface area contributed by atoms with Gasteiger partial charge in [-0.25, -0.2) is 26.7 Å². The Bertz CT molecular complexity index is 1660. The molecule has 3 nitrogen and oxygen atoms in total. The van der Waals surface area contributed by atoms with E-state index in [-0.39, 0.29) is 34.6 Å². The summed E-state index contributed by atoms with van der Waals surface area (Å²) in [4.78, 5) is 12.3. The van der Waals surface area contributed by atoms with Crippen LogP contribution in [0, 0.1) is 29.1 Å². The largest absolute Gasteiger partial charge is 0.508 e. The minimum atomic E-state index is -5.28. The maximum Gasteiger partial charge on any atom is 0.422 e. The molecule has 0 spiro atoms. The van der Waals surface area contributed by atoms with Gasteiger partial charge in [-0.2, -0.15) is 26.3 Å². The van der Waals surface area contributed by atoms with Gasteiger partial charge in [0.25, 0.3) is 0 Å². The van der Waals surface area contributed by atoms with Crippen LogP contribution in [0.3, 0.4) is 0 Å². The van der Waals surface area contributed by atoms with Gasteiger partial charge >= 0.3 is 18.3 Å². The average molecular weight is 756 g/mol. The van der Waals surface area contributed by atoms with Crippen molar-refractivity contribution in [3.63, 3.8) is 0 Å². The van der Waals surface area contributed by atoms with Crippen molar-refractivity contribution in [1.29, 1.82) is 0 Å². The number of aryl methyl sites for hydroxylation is 1. The predicted molar refractivity (Wildman–Crippen MR) is 157 cm³/mol. The number of benzene rings is 4. The van der Waals surface area contributed by atoms with Crippen LogP contribution in [0.1, 0.15) is 40.4 Å². The second kappa shape index (κ2) is 17.1. The van der Waals surface area contributed by atoms with Gasteiger partial charge in [-0.15, -0.1) is 23.2 Å². The van der Waals surface area contributed by atoms with E-state index in [4.69, 9.17) is 39.9 Å². The van der Waals surface area contributed by atoms with E-state index in [2.05, 4.69) is 4.74 Å². The topological polar surface area (TPSA) is 46.5 Å². The molecule has 0 aromatic heterocycles. The minimum Gasteiger partial charge on any atom is -0.508 e. The molecule has 0 aliphatic rings. The zero-order valence-electron chi connectivity index (χ0n) is 24.0. The molecule has 17 heteroatoms. The summed E-state index contributed by atoms with van der Waals surface area (Å²) < 4.78 is 145. The number of alkyl halides is 8. The van der Waals surface area contributed by atoms with E-state index in [0.717, 1.165) is 24.5 Å². The molecular formula is C31H20Cl3F11O3. The number of hydrogen-bond donors (Lipinski definition) is 1. The molecule has 0 fully saturated rings. The zero-order chi connectivity index (χ0) is 36.6. The van der Waals surface area contributed by atoms with Crippen LogP contribution in [0.15, 0.2) is 60.7 Å². The first kappa shape index (κ1) is 40.4. The Balaban J connectivity index is 0.000000415. The van der Waals surface area contributed by atoms with E-state index in [9.17, 15) is 53.1 Å². The number of carbonyl (C=O) groups excluding carboxylic acids is 1. The lowest BCUT2D eigenvalue weighted by atomic mass is 10.0. The van der Waals surface area contributed by atoms with Gasteiger partial charge in [-0.1, -0.05) is 49.2 Å². The van der Waals surface area contributed by atoms with Gasteiger partial charge in [-0.05, 0) is 35.2 Å². The highest BCUT2D eigenvalue weighted by Gasteiger charge is 2.39. The van der Waals surface area contributed by atoms with Crippen LogP contribution in [-0.2, 0) is 18.8 Å². The van der Waals surface area contributed by atoms with Crippen molar-refractivity contribution in [3.05, 3.63) is 117 Å². The molecule has 0 unspecified atom stereocenters. The molecule has 0 bridgehead atoms. The first-order valence-corrected chi connectivity index (χ1v) is 14.4. The molecule has 48 heavy (non-hydrogen) atoms. The summed E-state index contributed by atoms with van der Waals surface area (Å²) in [5.41, 5.74) is -2.74. The number of ether oxygens (including phenoxy) is 1. The summed E-state index contributed by atoms with van der Waals surface area (Å²) in [6.45, 7) is 2.04. The van der Waals surface area contributed by atoms with Crippen LogP contribution < -0.4 is 4.74 Å². The van der Waals surface area contributed by atoms with Crippen LogP contribution >= 0.6 is 34.8 Å². The fourth-order valence-corrected chi connectivity index (χ4v) is 4.24. The van der Waals surface area contributed by atoms with E-state index < -0.39 is 75.6 Å². The molecule has 0 aliphatic carbocycles. The van der Waals surface area contributed by atoms with Gasteiger partial charge < -0.3 is 9.84 Å². The monoisotopic (exact) mass is 754 g/mol. The molecule has 0 atom stereocenters. The molecule has 0 saturated heterocycles. The number of hydrogen-bond acceptors (Lipinski definition) is 3. The highest BCUT2D eigenvalue weighted by molar-refractivity contribution is 6.40. The number of rotatable bonds is 5. The SMILES string of the molecule is CCCc1ccc(-c2cc(F)c(C(=O)Oc3cc(F)c(C(F)(F)F)c(F)c3)c(Cl)c2)cc1.ClCCl.Oc1cc(F)c(C(F)(F)F)c(F)c1. The van der Waals surface area contributed by atoms with Crippen LogP contribution in [0.25, 0.3) is 11.1 Å². The third-order valence-electron chi connectivity index (χ3n) is 5.89. The molecular weight excluding hydrogens is 736 g/mol. The first-order chi connectivity index (χ1) is 22.2. The van der Waals surface area contributed by atoms with Crippen LogP contribution in [0.2, 0.25) is 5.02 Å². The van der Waals surface area contributed by atoms with Gasteiger partial charge in [0.05, 0.1) is 10.4 Å². The Morgan fingerprint density at radius 2 is 1.15 bits per heavy atom. The maximum absolute atomic E-state index is 14.6. The van der Waals surface area contributed by atoms with Gasteiger partial charge in [0.1, 0.15) is 57.3 Å². The smallest absolute Gasteiger partial charge is 0.422 e. The Morgan fingerprint density at radius 3 is 1.54 bits per heavy atom. The lowest BCUT2D eigenvalue weighted by Gasteiger charge is -2.12. The van der Waals surface area contributed by atoms with Crippen molar-refractivity contribution < 1.29 is 62.9 Å². The number of phenols is 1. The number of phenolic OH excluding ortho intramolecular Hbond substituents is 1. The second-order valence-corrected chi connectivity index (χ2v) is 10.5. The van der Waals surface area contributed by atoms with Gasteiger partial charge in [0, 0.05) is 24.3 Å². The molecule has 4 aromatic rings. The Labute approximate surface area is 280 Å². The lowest BCUT2D eigenvalue weighted by molar-refractivity contribution is -0.143. The molecule has 4 rings (SSSR count). The van der Waals surface area contributed by atoms with Crippen molar-refractivity contribution in [2.24, 2.45) is 0 Å². The number of halogens is 14. The standard InChI is InChI=1S/C23H15ClF6O2.C7H3F5O.CH2Cl2/c1-2-3-12-4-6-13(7-5-12)14-8-16(24)20(17(25)9-14)22(31)32-15-10-18(26)21(19(27)11-15)23(28,29)30;8-4-1-3(13)2-5(9)6(4)7(10,11)12;2-1-3/h4-11H,2-3H2,1H3;1-2,13H;1H2. The van der Waals surface area contributed by atoms with E-state index in [1.807, 2.05) is 19.1 Å². The fourth-order valence-electron chi connectivity index (χ4n) is 3.96. The molecule has 0 aliphatic heterocycles. The van der Waals surface area contributed by atoms with Crippen molar-refractivity contribution in [1.82, 2.24) is 0 Å². The normalized spacial score (nSPS) is 11.2. The molecule has 260 valence electrons. The highest BCUT2D eigenvalue weighted by Crippen LogP contribution is 2.37. The fraction of sp³-hybridized carbons (Fsp3) is 0.194. The zero-order valence-corrected chi connectivity index (χ0v) is 26.2. The minimum absolute atomic E-state index is 0.182. The third kappa shape index (κ3) is 10.9. The Hall–Kier alpha value is -3.75.